The number of aromatic nitrogens is 2. The Kier molecular flexibility index (Phi) is 6.06. The van der Waals surface area contributed by atoms with E-state index >= 15 is 0 Å². The van der Waals surface area contributed by atoms with E-state index in [1.807, 2.05) is 32.0 Å². The van der Waals surface area contributed by atoms with E-state index in [0.29, 0.717) is 24.2 Å². The number of H-pyrrole nitrogens is 1. The zero-order chi connectivity index (χ0) is 19.4. The van der Waals surface area contributed by atoms with Crippen molar-refractivity contribution in [2.45, 2.75) is 46.5 Å². The molecular weight excluding hydrogens is 358 g/mol. The molecule has 0 unspecified atom stereocenters. The fourth-order valence-corrected chi connectivity index (χ4v) is 4.41. The number of carbonyl (C=O) groups excluding carboxylic acids is 2. The third-order valence-corrected chi connectivity index (χ3v) is 5.66. The molecule has 3 rings (SSSR count). The predicted molar refractivity (Wildman–Crippen MR) is 110 cm³/mol. The van der Waals surface area contributed by atoms with Crippen molar-refractivity contribution in [1.82, 2.24) is 15.3 Å². The highest BCUT2D eigenvalue weighted by molar-refractivity contribution is 7.18. The number of ketones is 1. The predicted octanol–water partition coefficient (Wildman–Crippen LogP) is 4.45. The van der Waals surface area contributed by atoms with Gasteiger partial charge in [-0.15, -0.1) is 11.3 Å². The molecule has 2 N–H and O–H groups in total. The molecule has 3 aromatic rings. The summed E-state index contributed by atoms with van der Waals surface area (Å²) >= 11 is 1.70. The lowest BCUT2D eigenvalue weighted by atomic mass is 10.0. The van der Waals surface area contributed by atoms with Crippen LogP contribution in [0, 0.1) is 6.92 Å². The first-order chi connectivity index (χ1) is 13.0. The second-order valence-corrected chi connectivity index (χ2v) is 7.83. The Balaban J connectivity index is 1.60. The van der Waals surface area contributed by atoms with Crippen molar-refractivity contribution in [2.75, 3.05) is 6.54 Å². The van der Waals surface area contributed by atoms with E-state index < -0.39 is 0 Å². The van der Waals surface area contributed by atoms with Gasteiger partial charge >= 0.3 is 0 Å². The number of aryl methyl sites for hydroxylation is 2. The van der Waals surface area contributed by atoms with Gasteiger partial charge in [0.05, 0.1) is 15.2 Å². The van der Waals surface area contributed by atoms with E-state index in [2.05, 4.69) is 21.4 Å². The summed E-state index contributed by atoms with van der Waals surface area (Å²) in [6, 6.07) is 8.11. The lowest BCUT2D eigenvalue weighted by molar-refractivity contribution is 0.0947. The number of thiazole rings is 1. The van der Waals surface area contributed by atoms with Gasteiger partial charge in [0.2, 0.25) is 0 Å². The minimum atomic E-state index is -0.140. The number of benzene rings is 1. The van der Waals surface area contributed by atoms with Crippen molar-refractivity contribution in [3.8, 4) is 0 Å². The number of amides is 1. The topological polar surface area (TPSA) is 74.8 Å². The molecule has 27 heavy (non-hydrogen) atoms. The Morgan fingerprint density at radius 2 is 2.00 bits per heavy atom. The number of nitrogens with one attached hydrogen (secondary N) is 2. The quantitative estimate of drug-likeness (QED) is 0.446. The molecule has 2 heterocycles. The Morgan fingerprint density at radius 3 is 2.70 bits per heavy atom. The fourth-order valence-electron chi connectivity index (χ4n) is 3.40. The van der Waals surface area contributed by atoms with Crippen LogP contribution in [0.15, 0.2) is 24.3 Å². The van der Waals surface area contributed by atoms with Crippen molar-refractivity contribution >= 4 is 33.2 Å². The molecule has 0 atom stereocenters. The smallest absolute Gasteiger partial charge is 0.268 e. The molecule has 1 aromatic carbocycles. The lowest BCUT2D eigenvalue weighted by Gasteiger charge is -2.06. The standard InChI is InChI=1S/C21H25N3O2S/c1-4-8-15-19(14(3)25)13(2)23-20(15)21(26)22-12-7-11-18-24-16-9-5-6-10-17(16)27-18/h5-6,9-10,23H,4,7-8,11-12H2,1-3H3,(H,22,26). The molecule has 0 saturated carbocycles. The highest BCUT2D eigenvalue weighted by Crippen LogP contribution is 2.23. The zero-order valence-corrected chi connectivity index (χ0v) is 16.8. The van der Waals surface area contributed by atoms with Crippen LogP contribution in [0.5, 0.6) is 0 Å². The van der Waals surface area contributed by atoms with E-state index in [0.717, 1.165) is 41.0 Å². The SMILES string of the molecule is CCCc1c(C(=O)NCCCc2nc3ccccc3s2)[nH]c(C)c1C(C)=O. The summed E-state index contributed by atoms with van der Waals surface area (Å²) in [7, 11) is 0. The van der Waals surface area contributed by atoms with Gasteiger partial charge in [0.15, 0.2) is 5.78 Å². The van der Waals surface area contributed by atoms with Gasteiger partial charge in [0, 0.05) is 24.2 Å². The van der Waals surface area contributed by atoms with Gasteiger partial charge in [-0.05, 0) is 44.4 Å². The van der Waals surface area contributed by atoms with Crippen LogP contribution >= 0.6 is 11.3 Å². The van der Waals surface area contributed by atoms with Gasteiger partial charge < -0.3 is 10.3 Å². The number of hydrogen-bond acceptors (Lipinski definition) is 4. The summed E-state index contributed by atoms with van der Waals surface area (Å²) < 4.78 is 1.19. The molecule has 0 fully saturated rings. The molecule has 0 bridgehead atoms. The first kappa shape index (κ1) is 19.3. The van der Waals surface area contributed by atoms with E-state index in [-0.39, 0.29) is 11.7 Å². The lowest BCUT2D eigenvalue weighted by Crippen LogP contribution is -2.26. The van der Waals surface area contributed by atoms with Crippen LogP contribution < -0.4 is 5.32 Å². The molecule has 142 valence electrons. The van der Waals surface area contributed by atoms with E-state index in [9.17, 15) is 9.59 Å². The molecule has 0 aliphatic heterocycles. The Bertz CT molecular complexity index is 938. The number of carbonyl (C=O) groups is 2. The van der Waals surface area contributed by atoms with E-state index in [1.165, 1.54) is 4.70 Å². The third kappa shape index (κ3) is 4.27. The van der Waals surface area contributed by atoms with Gasteiger partial charge in [0.25, 0.3) is 5.91 Å². The number of aromatic amines is 1. The molecule has 0 aliphatic carbocycles. The third-order valence-electron chi connectivity index (χ3n) is 4.56. The highest BCUT2D eigenvalue weighted by atomic mass is 32.1. The average molecular weight is 384 g/mol. The molecular formula is C21H25N3O2S. The summed E-state index contributed by atoms with van der Waals surface area (Å²) in [6.07, 6.45) is 3.26. The summed E-state index contributed by atoms with van der Waals surface area (Å²) in [6.45, 7) is 6.02. The number of hydrogen-bond donors (Lipinski definition) is 2. The second-order valence-electron chi connectivity index (χ2n) is 6.72. The summed E-state index contributed by atoms with van der Waals surface area (Å²) in [4.78, 5) is 32.3. The normalized spacial score (nSPS) is 11.1. The van der Waals surface area contributed by atoms with Crippen LogP contribution in [0.3, 0.4) is 0 Å². The van der Waals surface area contributed by atoms with Crippen molar-refractivity contribution in [3.63, 3.8) is 0 Å². The van der Waals surface area contributed by atoms with Crippen molar-refractivity contribution < 1.29 is 9.59 Å². The summed E-state index contributed by atoms with van der Waals surface area (Å²) in [5, 5.41) is 4.07. The molecule has 5 nitrogen and oxygen atoms in total. The van der Waals surface area contributed by atoms with Crippen LogP contribution in [0.2, 0.25) is 0 Å². The molecule has 0 saturated heterocycles. The number of Topliss-reactive ketones (excluding diaryl/α,β-unsaturated/α-hetero) is 1. The van der Waals surface area contributed by atoms with Crippen LogP contribution in [0.1, 0.15) is 63.8 Å². The molecule has 2 aromatic heterocycles. The van der Waals surface area contributed by atoms with Gasteiger partial charge in [-0.2, -0.15) is 0 Å². The second kappa shape index (κ2) is 8.48. The fraction of sp³-hybridized carbons (Fsp3) is 0.381. The maximum Gasteiger partial charge on any atom is 0.268 e. The van der Waals surface area contributed by atoms with Crippen LogP contribution in [-0.4, -0.2) is 28.2 Å². The minimum absolute atomic E-state index is 0.00193. The first-order valence-corrected chi connectivity index (χ1v) is 10.2. The van der Waals surface area contributed by atoms with Gasteiger partial charge in [0.1, 0.15) is 5.69 Å². The molecule has 6 heteroatoms. The monoisotopic (exact) mass is 383 g/mol. The van der Waals surface area contributed by atoms with Crippen LogP contribution in [0.4, 0.5) is 0 Å². The number of rotatable bonds is 8. The van der Waals surface area contributed by atoms with Crippen LogP contribution in [-0.2, 0) is 12.8 Å². The van der Waals surface area contributed by atoms with E-state index in [4.69, 9.17) is 0 Å². The molecule has 0 radical (unpaired) electrons. The average Bonchev–Trinajstić information content (AvgIpc) is 3.19. The molecule has 0 aliphatic rings. The first-order valence-electron chi connectivity index (χ1n) is 9.36. The largest absolute Gasteiger partial charge is 0.354 e. The van der Waals surface area contributed by atoms with E-state index in [1.54, 1.807) is 18.3 Å². The minimum Gasteiger partial charge on any atom is -0.354 e. The Labute approximate surface area is 163 Å². The molecule has 1 amide bonds. The number of nitrogens with zero attached hydrogens (tertiary/aromatic N) is 1. The maximum absolute atomic E-state index is 12.6. The summed E-state index contributed by atoms with van der Waals surface area (Å²) in [5.41, 5.74) is 3.83. The Morgan fingerprint density at radius 1 is 1.22 bits per heavy atom. The van der Waals surface area contributed by atoms with Crippen LogP contribution in [0.25, 0.3) is 10.2 Å². The zero-order valence-electron chi connectivity index (χ0n) is 16.0. The van der Waals surface area contributed by atoms with Gasteiger partial charge in [-0.1, -0.05) is 25.5 Å². The highest BCUT2D eigenvalue weighted by Gasteiger charge is 2.21. The Hall–Kier alpha value is -2.47. The van der Waals surface area contributed by atoms with Crippen molar-refractivity contribution in [3.05, 3.63) is 51.8 Å². The maximum atomic E-state index is 12.6. The number of para-hydroxylation sites is 1. The van der Waals surface area contributed by atoms with Crippen molar-refractivity contribution in [2.24, 2.45) is 0 Å². The van der Waals surface area contributed by atoms with Crippen molar-refractivity contribution in [1.29, 1.82) is 0 Å². The summed E-state index contributed by atoms with van der Waals surface area (Å²) in [5.74, 6) is -0.138. The van der Waals surface area contributed by atoms with Gasteiger partial charge in [-0.3, -0.25) is 9.59 Å². The van der Waals surface area contributed by atoms with Gasteiger partial charge in [-0.25, -0.2) is 4.98 Å². The number of fused-ring (bicyclic) bond motifs is 1. The molecule has 0 spiro atoms.